The van der Waals surface area contributed by atoms with Gasteiger partial charge in [-0.15, -0.1) is 0 Å². The fourth-order valence-electron chi connectivity index (χ4n) is 4.05. The van der Waals surface area contributed by atoms with E-state index < -0.39 is 15.1 Å². The van der Waals surface area contributed by atoms with Crippen molar-refractivity contribution in [2.24, 2.45) is 0 Å². The molecule has 9 nitrogen and oxygen atoms in total. The number of rotatable bonds is 7. The fourth-order valence-corrected chi connectivity index (χ4v) is 5.11. The third-order valence-electron chi connectivity index (χ3n) is 6.18. The summed E-state index contributed by atoms with van der Waals surface area (Å²) in [7, 11) is -3.32. The molecular formula is C26H32N6O3S. The molecule has 3 heterocycles. The van der Waals surface area contributed by atoms with Gasteiger partial charge in [-0.2, -0.15) is 0 Å². The van der Waals surface area contributed by atoms with Gasteiger partial charge in [0.15, 0.2) is 9.84 Å². The number of anilines is 3. The number of carbonyl (C=O) groups excluding carboxylic acids is 1. The Hall–Kier alpha value is -3.53. The number of aryl methyl sites for hydroxylation is 2. The summed E-state index contributed by atoms with van der Waals surface area (Å²) >= 11 is 0. The van der Waals surface area contributed by atoms with Gasteiger partial charge in [-0.3, -0.25) is 4.79 Å². The fraction of sp³-hybridized carbons (Fsp3) is 0.385. The molecule has 36 heavy (non-hydrogen) atoms. The van der Waals surface area contributed by atoms with Gasteiger partial charge < -0.3 is 15.1 Å². The number of carbonyl (C=O) groups is 1. The number of piperazine rings is 1. The second-order valence-electron chi connectivity index (χ2n) is 9.28. The number of nitrogens with one attached hydrogen (secondary N) is 1. The van der Waals surface area contributed by atoms with Gasteiger partial charge in [0.1, 0.15) is 23.3 Å². The van der Waals surface area contributed by atoms with Crippen LogP contribution in [0.4, 0.5) is 17.5 Å². The van der Waals surface area contributed by atoms with Gasteiger partial charge in [0.25, 0.3) is 0 Å². The van der Waals surface area contributed by atoms with Crippen LogP contribution in [0.5, 0.6) is 0 Å². The summed E-state index contributed by atoms with van der Waals surface area (Å²) in [4.78, 5) is 30.6. The predicted octanol–water partition coefficient (Wildman–Crippen LogP) is 3.31. The molecule has 10 heteroatoms. The number of amides is 1. The largest absolute Gasteiger partial charge is 0.353 e. The van der Waals surface area contributed by atoms with Crippen LogP contribution in [-0.2, 0) is 21.1 Å². The lowest BCUT2D eigenvalue weighted by Crippen LogP contribution is -2.49. The van der Waals surface area contributed by atoms with Crippen molar-refractivity contribution in [2.75, 3.05) is 36.4 Å². The highest BCUT2D eigenvalue weighted by molar-refractivity contribution is 7.92. The van der Waals surface area contributed by atoms with Crippen LogP contribution >= 0.6 is 0 Å². The summed E-state index contributed by atoms with van der Waals surface area (Å²) in [5, 5.41) is 2.77. The Kier molecular flexibility index (Phi) is 7.53. The van der Waals surface area contributed by atoms with E-state index in [1.165, 1.54) is 0 Å². The van der Waals surface area contributed by atoms with E-state index in [-0.39, 0.29) is 17.2 Å². The normalized spacial score (nSPS) is 14.2. The van der Waals surface area contributed by atoms with Crippen molar-refractivity contribution < 1.29 is 13.2 Å². The first-order valence-electron chi connectivity index (χ1n) is 12.0. The second-order valence-corrected chi connectivity index (χ2v) is 11.8. The molecule has 2 aromatic heterocycles. The minimum absolute atomic E-state index is 0.0286. The van der Waals surface area contributed by atoms with Gasteiger partial charge in [0.05, 0.1) is 16.6 Å². The third kappa shape index (κ3) is 5.99. The first-order chi connectivity index (χ1) is 17.1. The van der Waals surface area contributed by atoms with E-state index >= 15 is 0 Å². The molecule has 1 aliphatic heterocycles. The van der Waals surface area contributed by atoms with Crippen LogP contribution in [0.25, 0.3) is 0 Å². The second kappa shape index (κ2) is 10.6. The highest BCUT2D eigenvalue weighted by Gasteiger charge is 2.23. The van der Waals surface area contributed by atoms with E-state index in [0.717, 1.165) is 22.8 Å². The van der Waals surface area contributed by atoms with Crippen LogP contribution in [0.15, 0.2) is 53.6 Å². The number of benzene rings is 1. The van der Waals surface area contributed by atoms with E-state index in [1.807, 2.05) is 36.9 Å². The average molecular weight is 509 g/mol. The van der Waals surface area contributed by atoms with E-state index in [9.17, 15) is 13.2 Å². The minimum atomic E-state index is -3.32. The van der Waals surface area contributed by atoms with Crippen molar-refractivity contribution in [3.8, 4) is 0 Å². The van der Waals surface area contributed by atoms with Crippen LogP contribution in [-0.4, -0.2) is 65.6 Å². The molecular weight excluding hydrogens is 476 g/mol. The van der Waals surface area contributed by atoms with Gasteiger partial charge in [-0.1, -0.05) is 12.1 Å². The lowest BCUT2D eigenvalue weighted by molar-refractivity contribution is -0.130. The monoisotopic (exact) mass is 508 g/mol. The number of nitrogens with zero attached hydrogens (tertiary/aromatic N) is 5. The van der Waals surface area contributed by atoms with Gasteiger partial charge >= 0.3 is 0 Å². The molecule has 1 N–H and O–H groups in total. The van der Waals surface area contributed by atoms with Crippen LogP contribution < -0.4 is 10.2 Å². The zero-order valence-corrected chi connectivity index (χ0v) is 21.9. The molecule has 1 amide bonds. The molecule has 0 atom stereocenters. The van der Waals surface area contributed by atoms with Crippen molar-refractivity contribution in [2.45, 2.75) is 44.3 Å². The Labute approximate surface area is 212 Å². The maximum absolute atomic E-state index is 12.9. The van der Waals surface area contributed by atoms with Gasteiger partial charge in [-0.25, -0.2) is 23.4 Å². The summed E-state index contributed by atoms with van der Waals surface area (Å²) < 4.78 is 24.6. The highest BCUT2D eigenvalue weighted by atomic mass is 32.2. The van der Waals surface area contributed by atoms with Crippen molar-refractivity contribution in [3.63, 3.8) is 0 Å². The number of aromatic nitrogens is 3. The molecule has 1 saturated heterocycles. The van der Waals surface area contributed by atoms with Crippen LogP contribution in [0.3, 0.4) is 0 Å². The smallest absolute Gasteiger partial charge is 0.227 e. The number of hydrogen-bond donors (Lipinski definition) is 1. The first kappa shape index (κ1) is 25.6. The molecule has 0 aliphatic carbocycles. The van der Waals surface area contributed by atoms with Crippen molar-refractivity contribution in [1.29, 1.82) is 0 Å². The standard InChI is InChI=1S/C26H32N6O3S/c1-18(2)36(34,35)22-7-5-21(6-8-22)16-26(33)32-13-11-31(12-14-32)25-17-24(28-20(4)29-25)30-23-15-19(3)9-10-27-23/h5-10,15,17-18H,11-14,16H2,1-4H3,(H,27,28,29,30). The van der Waals surface area contributed by atoms with E-state index in [1.54, 1.807) is 44.3 Å². The maximum Gasteiger partial charge on any atom is 0.227 e. The first-order valence-corrected chi connectivity index (χ1v) is 13.6. The SMILES string of the molecule is Cc1ccnc(Nc2cc(N3CCN(C(=O)Cc4ccc(S(=O)(=O)C(C)C)cc4)CC3)nc(C)n2)c1. The molecule has 1 aliphatic rings. The predicted molar refractivity (Wildman–Crippen MR) is 140 cm³/mol. The molecule has 1 fully saturated rings. The minimum Gasteiger partial charge on any atom is -0.353 e. The summed E-state index contributed by atoms with van der Waals surface area (Å²) in [5.41, 5.74) is 1.91. The Bertz CT molecular complexity index is 1330. The molecule has 0 saturated carbocycles. The highest BCUT2D eigenvalue weighted by Crippen LogP contribution is 2.21. The third-order valence-corrected chi connectivity index (χ3v) is 8.35. The molecule has 3 aromatic rings. The Morgan fingerprint density at radius 2 is 1.67 bits per heavy atom. The Morgan fingerprint density at radius 1 is 0.972 bits per heavy atom. The van der Waals surface area contributed by atoms with E-state index in [2.05, 4.69) is 25.2 Å². The van der Waals surface area contributed by atoms with Crippen molar-refractivity contribution in [1.82, 2.24) is 19.9 Å². The quantitative estimate of drug-likeness (QED) is 0.518. The number of sulfone groups is 1. The van der Waals surface area contributed by atoms with Crippen molar-refractivity contribution >= 4 is 33.2 Å². The molecule has 0 bridgehead atoms. The van der Waals surface area contributed by atoms with Crippen molar-refractivity contribution in [3.05, 3.63) is 65.6 Å². The molecule has 190 valence electrons. The average Bonchev–Trinajstić information content (AvgIpc) is 2.84. The maximum atomic E-state index is 12.9. The lowest BCUT2D eigenvalue weighted by atomic mass is 10.1. The topological polar surface area (TPSA) is 108 Å². The molecule has 0 radical (unpaired) electrons. The molecule has 1 aromatic carbocycles. The summed E-state index contributed by atoms with van der Waals surface area (Å²) in [6, 6.07) is 12.4. The summed E-state index contributed by atoms with van der Waals surface area (Å²) in [5.74, 6) is 2.90. The Morgan fingerprint density at radius 3 is 2.31 bits per heavy atom. The Balaban J connectivity index is 1.36. The van der Waals surface area contributed by atoms with Crippen LogP contribution in [0, 0.1) is 13.8 Å². The van der Waals surface area contributed by atoms with E-state index in [4.69, 9.17) is 0 Å². The molecule has 0 spiro atoms. The molecule has 4 rings (SSSR count). The van der Waals surface area contributed by atoms with E-state index in [0.29, 0.717) is 37.8 Å². The summed E-state index contributed by atoms with van der Waals surface area (Å²) in [6.45, 7) is 9.69. The number of pyridine rings is 1. The zero-order valence-electron chi connectivity index (χ0n) is 21.1. The molecule has 0 unspecified atom stereocenters. The van der Waals surface area contributed by atoms with Crippen LogP contribution in [0.2, 0.25) is 0 Å². The van der Waals surface area contributed by atoms with Crippen LogP contribution in [0.1, 0.15) is 30.8 Å². The van der Waals surface area contributed by atoms with Gasteiger partial charge in [0.2, 0.25) is 5.91 Å². The number of hydrogen-bond acceptors (Lipinski definition) is 8. The zero-order chi connectivity index (χ0) is 25.9. The van der Waals surface area contributed by atoms with Gasteiger partial charge in [-0.05, 0) is 63.1 Å². The lowest BCUT2D eigenvalue weighted by Gasteiger charge is -2.35. The summed E-state index contributed by atoms with van der Waals surface area (Å²) in [6.07, 6.45) is 2.00. The van der Waals surface area contributed by atoms with Gasteiger partial charge in [0, 0.05) is 38.4 Å².